The van der Waals surface area contributed by atoms with E-state index in [1.807, 2.05) is 17.0 Å². The first-order valence-electron chi connectivity index (χ1n) is 9.01. The second-order valence-corrected chi connectivity index (χ2v) is 6.75. The van der Waals surface area contributed by atoms with Crippen molar-refractivity contribution in [3.05, 3.63) is 54.1 Å². The minimum absolute atomic E-state index is 0.226. The summed E-state index contributed by atoms with van der Waals surface area (Å²) >= 11 is 0. The van der Waals surface area contributed by atoms with Crippen LogP contribution >= 0.6 is 0 Å². The van der Waals surface area contributed by atoms with Crippen LogP contribution in [-0.4, -0.2) is 48.1 Å². The molecule has 1 fully saturated rings. The molecule has 0 bridgehead atoms. The molecule has 1 amide bonds. The third kappa shape index (κ3) is 4.56. The van der Waals surface area contributed by atoms with E-state index in [-0.39, 0.29) is 11.7 Å². The molecule has 2 aromatic rings. The molecule has 1 unspecified atom stereocenters. The van der Waals surface area contributed by atoms with Gasteiger partial charge >= 0.3 is 6.18 Å². The first kappa shape index (κ1) is 20.0. The van der Waals surface area contributed by atoms with Crippen molar-refractivity contribution in [3.63, 3.8) is 0 Å². The molecule has 1 atom stereocenters. The lowest BCUT2D eigenvalue weighted by molar-refractivity contribution is -0.137. The number of aromatic hydroxyl groups is 1. The Morgan fingerprint density at radius 3 is 2.21 bits per heavy atom. The molecule has 0 saturated carbocycles. The Kier molecular flexibility index (Phi) is 5.79. The number of nitrogens with one attached hydrogen (secondary N) is 1. The number of phenols is 1. The maximum absolute atomic E-state index is 12.6. The van der Waals surface area contributed by atoms with Crippen molar-refractivity contribution in [1.29, 1.82) is 0 Å². The summed E-state index contributed by atoms with van der Waals surface area (Å²) in [4.78, 5) is 16.5. The van der Waals surface area contributed by atoms with Crippen LogP contribution in [0, 0.1) is 0 Å². The molecular weight excluding hydrogens is 371 g/mol. The molecule has 8 heteroatoms. The molecule has 1 aliphatic heterocycles. The van der Waals surface area contributed by atoms with Gasteiger partial charge in [-0.2, -0.15) is 13.2 Å². The standard InChI is InChI=1S/C20H22F3N3O2/c1-14(19(28)24-16-8-6-15(7-9-16)20(21,22)23)25-10-12-26(13-11-25)17-4-2-3-5-18(17)27/h2-9,14,27H,10-13H2,1H3,(H,24,28). The van der Waals surface area contributed by atoms with Crippen molar-refractivity contribution >= 4 is 17.3 Å². The Balaban J connectivity index is 1.55. The van der Waals surface area contributed by atoms with Gasteiger partial charge in [-0.25, -0.2) is 0 Å². The molecule has 2 aromatic carbocycles. The highest BCUT2D eigenvalue weighted by Crippen LogP contribution is 2.30. The van der Waals surface area contributed by atoms with Crippen LogP contribution in [0.25, 0.3) is 0 Å². The average molecular weight is 393 g/mol. The number of amides is 1. The molecule has 0 aromatic heterocycles. The maximum Gasteiger partial charge on any atom is 0.416 e. The average Bonchev–Trinajstić information content (AvgIpc) is 2.67. The number of piperazine rings is 1. The first-order chi connectivity index (χ1) is 13.3. The summed E-state index contributed by atoms with van der Waals surface area (Å²) in [6.45, 7) is 4.37. The number of para-hydroxylation sites is 2. The van der Waals surface area contributed by atoms with E-state index in [0.717, 1.165) is 17.8 Å². The van der Waals surface area contributed by atoms with E-state index in [9.17, 15) is 23.1 Å². The summed E-state index contributed by atoms with van der Waals surface area (Å²) in [7, 11) is 0. The molecule has 0 spiro atoms. The molecule has 0 radical (unpaired) electrons. The topological polar surface area (TPSA) is 55.8 Å². The number of rotatable bonds is 4. The molecule has 1 heterocycles. The predicted octanol–water partition coefficient (Wildman–Crippen LogP) is 3.56. The maximum atomic E-state index is 12.6. The number of halogens is 3. The Bertz CT molecular complexity index is 816. The van der Waals surface area contributed by atoms with Crippen molar-refractivity contribution in [2.45, 2.75) is 19.1 Å². The lowest BCUT2D eigenvalue weighted by Gasteiger charge is -2.38. The fourth-order valence-electron chi connectivity index (χ4n) is 3.24. The van der Waals surface area contributed by atoms with Crippen molar-refractivity contribution in [2.24, 2.45) is 0 Å². The third-order valence-corrected chi connectivity index (χ3v) is 4.94. The first-order valence-corrected chi connectivity index (χ1v) is 9.01. The number of hydrogen-bond donors (Lipinski definition) is 2. The van der Waals surface area contributed by atoms with Crippen LogP contribution in [0.1, 0.15) is 12.5 Å². The molecule has 2 N–H and O–H groups in total. The smallest absolute Gasteiger partial charge is 0.416 e. The molecule has 5 nitrogen and oxygen atoms in total. The van der Waals surface area contributed by atoms with Crippen molar-refractivity contribution in [2.75, 3.05) is 36.4 Å². The van der Waals surface area contributed by atoms with Crippen LogP contribution in [0.4, 0.5) is 24.5 Å². The Morgan fingerprint density at radius 1 is 1.04 bits per heavy atom. The van der Waals surface area contributed by atoms with Gasteiger partial charge in [-0.1, -0.05) is 12.1 Å². The molecule has 1 aliphatic rings. The summed E-state index contributed by atoms with van der Waals surface area (Å²) in [6.07, 6.45) is -4.40. The van der Waals surface area contributed by atoms with E-state index in [0.29, 0.717) is 31.9 Å². The second kappa shape index (κ2) is 8.10. The largest absolute Gasteiger partial charge is 0.506 e. The molecule has 1 saturated heterocycles. The number of carbonyl (C=O) groups excluding carboxylic acids is 1. The number of benzene rings is 2. The van der Waals surface area contributed by atoms with E-state index in [1.54, 1.807) is 19.1 Å². The van der Waals surface area contributed by atoms with Crippen molar-refractivity contribution in [1.82, 2.24) is 4.90 Å². The Morgan fingerprint density at radius 2 is 1.64 bits per heavy atom. The fourth-order valence-corrected chi connectivity index (χ4v) is 3.24. The van der Waals surface area contributed by atoms with Crippen molar-refractivity contribution in [3.8, 4) is 5.75 Å². The van der Waals surface area contributed by atoms with Gasteiger partial charge in [0, 0.05) is 31.9 Å². The highest BCUT2D eigenvalue weighted by atomic mass is 19.4. The van der Waals surface area contributed by atoms with Gasteiger partial charge in [-0.15, -0.1) is 0 Å². The number of carbonyl (C=O) groups is 1. The number of hydrogen-bond acceptors (Lipinski definition) is 4. The normalized spacial score (nSPS) is 16.6. The van der Waals surface area contributed by atoms with Gasteiger partial charge in [0.25, 0.3) is 0 Å². The Labute approximate surface area is 161 Å². The fraction of sp³-hybridized carbons (Fsp3) is 0.350. The van der Waals surface area contributed by atoms with E-state index >= 15 is 0 Å². The minimum atomic E-state index is -4.40. The van der Waals surface area contributed by atoms with Crippen molar-refractivity contribution < 1.29 is 23.1 Å². The number of alkyl halides is 3. The lowest BCUT2D eigenvalue weighted by atomic mass is 10.1. The molecule has 3 rings (SSSR count). The van der Waals surface area contributed by atoms with Gasteiger partial charge < -0.3 is 15.3 Å². The number of anilines is 2. The lowest BCUT2D eigenvalue weighted by Crippen LogP contribution is -2.52. The molecule has 0 aliphatic carbocycles. The van der Waals surface area contributed by atoms with Gasteiger partial charge in [0.15, 0.2) is 0 Å². The summed E-state index contributed by atoms with van der Waals surface area (Å²) in [5, 5.41) is 12.6. The quantitative estimate of drug-likeness (QED) is 0.834. The van der Waals surface area contributed by atoms with Gasteiger partial charge in [0.2, 0.25) is 5.91 Å². The summed E-state index contributed by atoms with van der Waals surface area (Å²) in [5.41, 5.74) is 0.348. The second-order valence-electron chi connectivity index (χ2n) is 6.75. The van der Waals surface area contributed by atoms with Gasteiger partial charge in [0.1, 0.15) is 5.75 Å². The van der Waals surface area contributed by atoms with E-state index in [1.165, 1.54) is 12.1 Å². The van der Waals surface area contributed by atoms with Crippen LogP contribution in [0.15, 0.2) is 48.5 Å². The molecule has 28 heavy (non-hydrogen) atoms. The van der Waals surface area contributed by atoms with E-state index < -0.39 is 17.8 Å². The monoisotopic (exact) mass is 393 g/mol. The van der Waals surface area contributed by atoms with Crippen LogP contribution in [0.3, 0.4) is 0 Å². The van der Waals surface area contributed by atoms with E-state index in [2.05, 4.69) is 10.2 Å². The predicted molar refractivity (Wildman–Crippen MR) is 101 cm³/mol. The zero-order valence-electron chi connectivity index (χ0n) is 15.4. The zero-order chi connectivity index (χ0) is 20.3. The van der Waals surface area contributed by atoms with Crippen LogP contribution in [-0.2, 0) is 11.0 Å². The van der Waals surface area contributed by atoms with Crippen LogP contribution in [0.5, 0.6) is 5.75 Å². The molecule has 150 valence electrons. The Hall–Kier alpha value is -2.74. The summed E-state index contributed by atoms with van der Waals surface area (Å²) in [5.74, 6) is -0.0418. The number of nitrogens with zero attached hydrogens (tertiary/aromatic N) is 2. The highest BCUT2D eigenvalue weighted by molar-refractivity contribution is 5.94. The third-order valence-electron chi connectivity index (χ3n) is 4.94. The highest BCUT2D eigenvalue weighted by Gasteiger charge is 2.30. The minimum Gasteiger partial charge on any atom is -0.506 e. The van der Waals surface area contributed by atoms with Crippen LogP contribution < -0.4 is 10.2 Å². The zero-order valence-corrected chi connectivity index (χ0v) is 15.4. The van der Waals surface area contributed by atoms with Gasteiger partial charge in [-0.05, 0) is 43.3 Å². The van der Waals surface area contributed by atoms with Gasteiger partial charge in [0.05, 0.1) is 17.3 Å². The SMILES string of the molecule is CC(C(=O)Nc1ccc(C(F)(F)F)cc1)N1CCN(c2ccccc2O)CC1. The van der Waals surface area contributed by atoms with Crippen LogP contribution in [0.2, 0.25) is 0 Å². The summed E-state index contributed by atoms with van der Waals surface area (Å²) in [6, 6.07) is 11.1. The number of phenolic OH excluding ortho intramolecular Hbond substituents is 1. The molecular formula is C20H22F3N3O2. The summed E-state index contributed by atoms with van der Waals surface area (Å²) < 4.78 is 37.9. The van der Waals surface area contributed by atoms with Gasteiger partial charge in [-0.3, -0.25) is 9.69 Å². The van der Waals surface area contributed by atoms with E-state index in [4.69, 9.17) is 0 Å².